The Hall–Kier alpha value is -0.900. The van der Waals surface area contributed by atoms with Crippen LogP contribution in [0.4, 0.5) is 0 Å². The van der Waals surface area contributed by atoms with Crippen LogP contribution in [0.25, 0.3) is 0 Å². The van der Waals surface area contributed by atoms with Gasteiger partial charge in [-0.1, -0.05) is 30.3 Å². The second-order valence-corrected chi connectivity index (χ2v) is 6.67. The standard InChI is InChI=1S/C17H27NO2/c1-16(2)13-17(8-9-20-16,15(11-18)12-19)10-14-6-4-3-5-7-14/h3-7,15,19H,8-13,18H2,1-2H3. The van der Waals surface area contributed by atoms with Crippen molar-refractivity contribution in [2.75, 3.05) is 19.8 Å². The first-order valence-electron chi connectivity index (χ1n) is 7.50. The number of hydrogen-bond donors (Lipinski definition) is 2. The molecule has 1 aromatic carbocycles. The number of nitrogens with two attached hydrogens (primary N) is 1. The molecule has 0 saturated carbocycles. The van der Waals surface area contributed by atoms with E-state index in [0.29, 0.717) is 6.54 Å². The SMILES string of the molecule is CC1(C)CC(Cc2ccccc2)(C(CN)CO)CCO1. The number of hydrogen-bond acceptors (Lipinski definition) is 3. The molecule has 0 radical (unpaired) electrons. The van der Waals surface area contributed by atoms with Crippen molar-refractivity contribution in [3.8, 4) is 0 Å². The Kier molecular flexibility index (Phi) is 4.84. The molecule has 2 atom stereocenters. The maximum absolute atomic E-state index is 9.77. The summed E-state index contributed by atoms with van der Waals surface area (Å²) in [6.45, 7) is 5.70. The van der Waals surface area contributed by atoms with Crippen LogP contribution in [0.5, 0.6) is 0 Å². The van der Waals surface area contributed by atoms with Crippen molar-refractivity contribution in [2.45, 2.75) is 38.7 Å². The minimum Gasteiger partial charge on any atom is -0.396 e. The van der Waals surface area contributed by atoms with Crippen molar-refractivity contribution in [3.63, 3.8) is 0 Å². The molecule has 1 aliphatic rings. The summed E-state index contributed by atoms with van der Waals surface area (Å²) in [5, 5.41) is 9.77. The molecule has 2 unspecified atom stereocenters. The second kappa shape index (κ2) is 6.25. The van der Waals surface area contributed by atoms with Crippen molar-refractivity contribution in [3.05, 3.63) is 35.9 Å². The van der Waals surface area contributed by atoms with E-state index in [-0.39, 0.29) is 23.5 Å². The maximum atomic E-state index is 9.77. The molecular formula is C17H27NO2. The van der Waals surface area contributed by atoms with Crippen LogP contribution in [-0.4, -0.2) is 30.5 Å². The fourth-order valence-corrected chi connectivity index (χ4v) is 3.68. The largest absolute Gasteiger partial charge is 0.396 e. The third-order valence-corrected chi connectivity index (χ3v) is 4.64. The fourth-order valence-electron chi connectivity index (χ4n) is 3.68. The van der Waals surface area contributed by atoms with Crippen LogP contribution in [0, 0.1) is 11.3 Å². The van der Waals surface area contributed by atoms with E-state index >= 15 is 0 Å². The zero-order valence-corrected chi connectivity index (χ0v) is 12.6. The van der Waals surface area contributed by atoms with Gasteiger partial charge < -0.3 is 15.6 Å². The predicted molar refractivity (Wildman–Crippen MR) is 81.5 cm³/mol. The van der Waals surface area contributed by atoms with Gasteiger partial charge >= 0.3 is 0 Å². The molecular weight excluding hydrogens is 250 g/mol. The Morgan fingerprint density at radius 2 is 2.00 bits per heavy atom. The van der Waals surface area contributed by atoms with Crippen LogP contribution < -0.4 is 5.73 Å². The van der Waals surface area contributed by atoms with Crippen LogP contribution in [-0.2, 0) is 11.2 Å². The van der Waals surface area contributed by atoms with Crippen molar-refractivity contribution >= 4 is 0 Å². The number of aliphatic hydroxyl groups excluding tert-OH is 1. The summed E-state index contributed by atoms with van der Waals surface area (Å²) in [5.41, 5.74) is 7.15. The van der Waals surface area contributed by atoms with E-state index in [0.717, 1.165) is 25.9 Å². The zero-order chi connectivity index (χ0) is 14.6. The minimum absolute atomic E-state index is 0.0343. The highest BCUT2D eigenvalue weighted by atomic mass is 16.5. The molecule has 112 valence electrons. The number of rotatable bonds is 5. The normalized spacial score (nSPS) is 27.2. The summed E-state index contributed by atoms with van der Waals surface area (Å²) in [6.07, 6.45) is 2.87. The smallest absolute Gasteiger partial charge is 0.0632 e. The first-order valence-corrected chi connectivity index (χ1v) is 7.50. The lowest BCUT2D eigenvalue weighted by Crippen LogP contribution is -2.49. The van der Waals surface area contributed by atoms with Gasteiger partial charge in [-0.2, -0.15) is 0 Å². The Bertz CT molecular complexity index is 414. The van der Waals surface area contributed by atoms with Crippen LogP contribution in [0.1, 0.15) is 32.3 Å². The Morgan fingerprint density at radius 3 is 2.55 bits per heavy atom. The Morgan fingerprint density at radius 1 is 1.30 bits per heavy atom. The molecule has 0 aromatic heterocycles. The summed E-state index contributed by atoms with van der Waals surface area (Å²) in [5.74, 6) is 0.130. The first-order chi connectivity index (χ1) is 9.51. The molecule has 0 bridgehead atoms. The second-order valence-electron chi connectivity index (χ2n) is 6.67. The highest BCUT2D eigenvalue weighted by Crippen LogP contribution is 2.46. The maximum Gasteiger partial charge on any atom is 0.0632 e. The average molecular weight is 277 g/mol. The van der Waals surface area contributed by atoms with Crippen LogP contribution >= 0.6 is 0 Å². The quantitative estimate of drug-likeness (QED) is 0.869. The summed E-state index contributed by atoms with van der Waals surface area (Å²) in [6, 6.07) is 10.5. The van der Waals surface area contributed by atoms with Gasteiger partial charge in [0.25, 0.3) is 0 Å². The van der Waals surface area contributed by atoms with E-state index in [1.807, 2.05) is 6.07 Å². The van der Waals surface area contributed by atoms with Gasteiger partial charge in [-0.25, -0.2) is 0 Å². The van der Waals surface area contributed by atoms with Crippen molar-refractivity contribution in [1.29, 1.82) is 0 Å². The molecule has 3 heteroatoms. The van der Waals surface area contributed by atoms with Gasteiger partial charge in [-0.15, -0.1) is 0 Å². The molecule has 1 saturated heterocycles. The monoisotopic (exact) mass is 277 g/mol. The molecule has 1 fully saturated rings. The molecule has 20 heavy (non-hydrogen) atoms. The van der Waals surface area contributed by atoms with E-state index in [9.17, 15) is 5.11 Å². The fraction of sp³-hybridized carbons (Fsp3) is 0.647. The number of ether oxygens (including phenoxy) is 1. The topological polar surface area (TPSA) is 55.5 Å². The molecule has 1 aromatic rings. The summed E-state index contributed by atoms with van der Waals surface area (Å²) in [7, 11) is 0. The van der Waals surface area contributed by atoms with Gasteiger partial charge in [0, 0.05) is 19.1 Å². The van der Waals surface area contributed by atoms with Gasteiger partial charge in [0.1, 0.15) is 0 Å². The molecule has 3 N–H and O–H groups in total. The van der Waals surface area contributed by atoms with Crippen LogP contribution in [0.2, 0.25) is 0 Å². The lowest BCUT2D eigenvalue weighted by Gasteiger charge is -2.49. The molecule has 1 heterocycles. The molecule has 3 nitrogen and oxygen atoms in total. The molecule has 0 spiro atoms. The average Bonchev–Trinajstić information content (AvgIpc) is 2.40. The van der Waals surface area contributed by atoms with E-state index in [1.165, 1.54) is 5.56 Å². The third kappa shape index (κ3) is 3.40. The predicted octanol–water partition coefficient (Wildman–Crippen LogP) is 2.37. The third-order valence-electron chi connectivity index (χ3n) is 4.64. The Balaban J connectivity index is 2.28. The van der Waals surface area contributed by atoms with E-state index < -0.39 is 0 Å². The summed E-state index contributed by atoms with van der Waals surface area (Å²) in [4.78, 5) is 0. The molecule has 0 aliphatic carbocycles. The van der Waals surface area contributed by atoms with Gasteiger partial charge in [-0.05, 0) is 50.6 Å². The summed E-state index contributed by atoms with van der Waals surface area (Å²) >= 11 is 0. The molecule has 1 aliphatic heterocycles. The highest BCUT2D eigenvalue weighted by Gasteiger charge is 2.45. The van der Waals surface area contributed by atoms with E-state index in [1.54, 1.807) is 0 Å². The van der Waals surface area contributed by atoms with Gasteiger partial charge in [0.05, 0.1) is 5.60 Å². The molecule has 0 amide bonds. The highest BCUT2D eigenvalue weighted by molar-refractivity contribution is 5.18. The lowest BCUT2D eigenvalue weighted by atomic mass is 9.63. The zero-order valence-electron chi connectivity index (χ0n) is 12.6. The first kappa shape index (κ1) is 15.5. The van der Waals surface area contributed by atoms with Crippen LogP contribution in [0.3, 0.4) is 0 Å². The van der Waals surface area contributed by atoms with E-state index in [2.05, 4.69) is 38.1 Å². The van der Waals surface area contributed by atoms with E-state index in [4.69, 9.17) is 10.5 Å². The number of aliphatic hydroxyl groups is 1. The minimum atomic E-state index is -0.143. The molecule has 2 rings (SSSR count). The van der Waals surface area contributed by atoms with Gasteiger partial charge in [0.15, 0.2) is 0 Å². The van der Waals surface area contributed by atoms with Gasteiger partial charge in [0.2, 0.25) is 0 Å². The lowest BCUT2D eigenvalue weighted by molar-refractivity contribution is -0.126. The summed E-state index contributed by atoms with van der Waals surface area (Å²) < 4.78 is 5.88. The van der Waals surface area contributed by atoms with Crippen molar-refractivity contribution < 1.29 is 9.84 Å². The Labute approximate surface area is 122 Å². The number of benzene rings is 1. The van der Waals surface area contributed by atoms with Crippen molar-refractivity contribution in [2.24, 2.45) is 17.1 Å². The van der Waals surface area contributed by atoms with Gasteiger partial charge in [-0.3, -0.25) is 0 Å². The van der Waals surface area contributed by atoms with Crippen molar-refractivity contribution in [1.82, 2.24) is 0 Å². The van der Waals surface area contributed by atoms with Crippen LogP contribution in [0.15, 0.2) is 30.3 Å².